The smallest absolute Gasteiger partial charge is 0.0109 e. The molecule has 0 aromatic heterocycles. The molecule has 12 heavy (non-hydrogen) atoms. The van der Waals surface area contributed by atoms with E-state index in [1.165, 1.54) is 39.0 Å². The lowest BCUT2D eigenvalue weighted by atomic mass is 10.3. The molecule has 0 N–H and O–H groups in total. The SMILES string of the molecule is CC(C)N(C)CCN1CCCC1. The maximum Gasteiger partial charge on any atom is 0.0109 e. The molecule has 1 rings (SSSR count). The predicted molar refractivity (Wildman–Crippen MR) is 53.4 cm³/mol. The third kappa shape index (κ3) is 3.11. The van der Waals surface area contributed by atoms with Crippen molar-refractivity contribution in [2.24, 2.45) is 0 Å². The molecule has 0 aromatic carbocycles. The van der Waals surface area contributed by atoms with E-state index < -0.39 is 0 Å². The van der Waals surface area contributed by atoms with Crippen LogP contribution in [0, 0.1) is 0 Å². The highest BCUT2D eigenvalue weighted by Gasteiger charge is 2.12. The lowest BCUT2D eigenvalue weighted by Gasteiger charge is -2.24. The topological polar surface area (TPSA) is 6.48 Å². The van der Waals surface area contributed by atoms with E-state index in [1.54, 1.807) is 0 Å². The summed E-state index contributed by atoms with van der Waals surface area (Å²) in [6, 6.07) is 0.688. The molecular formula is C10H22N2. The Labute approximate surface area is 76.5 Å². The van der Waals surface area contributed by atoms with Gasteiger partial charge in [-0.05, 0) is 46.8 Å². The molecule has 0 amide bonds. The second kappa shape index (κ2) is 4.83. The molecule has 0 aromatic rings. The van der Waals surface area contributed by atoms with Crippen LogP contribution in [0.3, 0.4) is 0 Å². The second-order valence-corrected chi connectivity index (χ2v) is 4.12. The van der Waals surface area contributed by atoms with Gasteiger partial charge < -0.3 is 9.80 Å². The number of likely N-dealkylation sites (N-methyl/N-ethyl adjacent to an activating group) is 1. The summed E-state index contributed by atoms with van der Waals surface area (Å²) in [6.07, 6.45) is 2.82. The van der Waals surface area contributed by atoms with Gasteiger partial charge in [-0.2, -0.15) is 0 Å². The molecule has 0 radical (unpaired) electrons. The summed E-state index contributed by atoms with van der Waals surface area (Å²) < 4.78 is 0. The molecule has 72 valence electrons. The summed E-state index contributed by atoms with van der Waals surface area (Å²) in [5, 5.41) is 0. The van der Waals surface area contributed by atoms with Gasteiger partial charge >= 0.3 is 0 Å². The number of hydrogen-bond donors (Lipinski definition) is 0. The van der Waals surface area contributed by atoms with Crippen molar-refractivity contribution in [3.63, 3.8) is 0 Å². The Hall–Kier alpha value is -0.0800. The molecule has 0 atom stereocenters. The fraction of sp³-hybridized carbons (Fsp3) is 1.00. The minimum Gasteiger partial charge on any atom is -0.303 e. The molecule has 2 nitrogen and oxygen atoms in total. The van der Waals surface area contributed by atoms with Crippen LogP contribution in [-0.4, -0.2) is 49.1 Å². The van der Waals surface area contributed by atoms with Gasteiger partial charge in [0.05, 0.1) is 0 Å². The van der Waals surface area contributed by atoms with Crippen LogP contribution >= 0.6 is 0 Å². The Bertz CT molecular complexity index is 115. The highest BCUT2D eigenvalue weighted by Crippen LogP contribution is 2.06. The van der Waals surface area contributed by atoms with Crippen LogP contribution in [0.15, 0.2) is 0 Å². The Morgan fingerprint density at radius 2 is 1.83 bits per heavy atom. The maximum atomic E-state index is 2.57. The van der Waals surface area contributed by atoms with Crippen molar-refractivity contribution in [3.05, 3.63) is 0 Å². The minimum absolute atomic E-state index is 0.688. The van der Waals surface area contributed by atoms with E-state index >= 15 is 0 Å². The van der Waals surface area contributed by atoms with E-state index in [2.05, 4.69) is 30.7 Å². The Morgan fingerprint density at radius 3 is 2.33 bits per heavy atom. The third-order valence-corrected chi connectivity index (χ3v) is 2.85. The zero-order valence-electron chi connectivity index (χ0n) is 8.71. The van der Waals surface area contributed by atoms with Gasteiger partial charge in [-0.25, -0.2) is 0 Å². The van der Waals surface area contributed by atoms with E-state index in [9.17, 15) is 0 Å². The standard InChI is InChI=1S/C10H22N2/c1-10(2)11(3)8-9-12-6-4-5-7-12/h10H,4-9H2,1-3H3. The maximum absolute atomic E-state index is 2.57. The molecule has 0 saturated carbocycles. The molecule has 0 spiro atoms. The molecule has 1 aliphatic rings. The average molecular weight is 170 g/mol. The van der Waals surface area contributed by atoms with E-state index in [1.807, 2.05) is 0 Å². The summed E-state index contributed by atoms with van der Waals surface area (Å²) >= 11 is 0. The average Bonchev–Trinajstić information content (AvgIpc) is 2.51. The summed E-state index contributed by atoms with van der Waals surface area (Å²) in [5.41, 5.74) is 0. The lowest BCUT2D eigenvalue weighted by molar-refractivity contribution is 0.224. The van der Waals surface area contributed by atoms with Crippen LogP contribution in [0.1, 0.15) is 26.7 Å². The van der Waals surface area contributed by atoms with Crippen LogP contribution in [0.25, 0.3) is 0 Å². The number of hydrogen-bond acceptors (Lipinski definition) is 2. The summed E-state index contributed by atoms with van der Waals surface area (Å²) in [4.78, 5) is 4.98. The first-order valence-electron chi connectivity index (χ1n) is 5.13. The van der Waals surface area contributed by atoms with Crippen LogP contribution in [0.4, 0.5) is 0 Å². The molecular weight excluding hydrogens is 148 g/mol. The number of nitrogens with zero attached hydrogens (tertiary/aromatic N) is 2. The van der Waals surface area contributed by atoms with Crippen LogP contribution in [0.5, 0.6) is 0 Å². The van der Waals surface area contributed by atoms with Crippen molar-refractivity contribution >= 4 is 0 Å². The van der Waals surface area contributed by atoms with Gasteiger partial charge in [0.25, 0.3) is 0 Å². The first-order chi connectivity index (χ1) is 5.70. The second-order valence-electron chi connectivity index (χ2n) is 4.12. The quantitative estimate of drug-likeness (QED) is 0.629. The van der Waals surface area contributed by atoms with E-state index in [0.717, 1.165) is 0 Å². The summed E-state index contributed by atoms with van der Waals surface area (Å²) in [7, 11) is 2.21. The minimum atomic E-state index is 0.688. The molecule has 1 heterocycles. The molecule has 0 bridgehead atoms. The van der Waals surface area contributed by atoms with Crippen molar-refractivity contribution < 1.29 is 0 Å². The molecule has 1 aliphatic heterocycles. The highest BCUT2D eigenvalue weighted by molar-refractivity contribution is 4.68. The van der Waals surface area contributed by atoms with Gasteiger partial charge in [0.1, 0.15) is 0 Å². The first kappa shape index (κ1) is 10.0. The normalized spacial score (nSPS) is 19.8. The van der Waals surface area contributed by atoms with Gasteiger partial charge in [-0.15, -0.1) is 0 Å². The highest BCUT2D eigenvalue weighted by atomic mass is 15.2. The Kier molecular flexibility index (Phi) is 4.02. The third-order valence-electron chi connectivity index (χ3n) is 2.85. The zero-order chi connectivity index (χ0) is 8.97. The first-order valence-corrected chi connectivity index (χ1v) is 5.13. The van der Waals surface area contributed by atoms with Gasteiger partial charge in [-0.1, -0.05) is 0 Å². The summed E-state index contributed by atoms with van der Waals surface area (Å²) in [6.45, 7) is 9.64. The molecule has 1 saturated heterocycles. The largest absolute Gasteiger partial charge is 0.303 e. The van der Waals surface area contributed by atoms with E-state index in [0.29, 0.717) is 6.04 Å². The van der Waals surface area contributed by atoms with E-state index in [-0.39, 0.29) is 0 Å². The summed E-state index contributed by atoms with van der Waals surface area (Å²) in [5.74, 6) is 0. The lowest BCUT2D eigenvalue weighted by Crippen LogP contribution is -2.35. The fourth-order valence-electron chi connectivity index (χ4n) is 1.56. The predicted octanol–water partition coefficient (Wildman–Crippen LogP) is 1.42. The molecule has 0 aliphatic carbocycles. The monoisotopic (exact) mass is 170 g/mol. The fourth-order valence-corrected chi connectivity index (χ4v) is 1.56. The Balaban J connectivity index is 2.07. The van der Waals surface area contributed by atoms with Crippen molar-refractivity contribution in [1.29, 1.82) is 0 Å². The van der Waals surface area contributed by atoms with Crippen LogP contribution in [0.2, 0.25) is 0 Å². The van der Waals surface area contributed by atoms with Crippen LogP contribution in [-0.2, 0) is 0 Å². The number of likely N-dealkylation sites (tertiary alicyclic amines) is 1. The van der Waals surface area contributed by atoms with Gasteiger partial charge in [0, 0.05) is 19.1 Å². The number of rotatable bonds is 4. The van der Waals surface area contributed by atoms with Crippen molar-refractivity contribution in [2.45, 2.75) is 32.7 Å². The van der Waals surface area contributed by atoms with Crippen molar-refractivity contribution in [3.8, 4) is 0 Å². The van der Waals surface area contributed by atoms with Gasteiger partial charge in [0.2, 0.25) is 0 Å². The van der Waals surface area contributed by atoms with Crippen molar-refractivity contribution in [1.82, 2.24) is 9.80 Å². The van der Waals surface area contributed by atoms with E-state index in [4.69, 9.17) is 0 Å². The molecule has 0 unspecified atom stereocenters. The molecule has 2 heteroatoms. The van der Waals surface area contributed by atoms with Crippen molar-refractivity contribution in [2.75, 3.05) is 33.2 Å². The van der Waals surface area contributed by atoms with Gasteiger partial charge in [0.15, 0.2) is 0 Å². The van der Waals surface area contributed by atoms with Crippen LogP contribution < -0.4 is 0 Å². The Morgan fingerprint density at radius 1 is 1.25 bits per heavy atom. The van der Waals surface area contributed by atoms with Gasteiger partial charge in [-0.3, -0.25) is 0 Å². The zero-order valence-corrected chi connectivity index (χ0v) is 8.71. The molecule has 1 fully saturated rings.